The van der Waals surface area contributed by atoms with Crippen molar-refractivity contribution in [1.82, 2.24) is 0 Å². The first-order valence-corrected chi connectivity index (χ1v) is 6.76. The molecule has 0 atom stereocenters. The van der Waals surface area contributed by atoms with E-state index in [0.717, 1.165) is 28.2 Å². The van der Waals surface area contributed by atoms with Crippen LogP contribution < -0.4 is 10.7 Å². The maximum absolute atomic E-state index is 6.01. The highest BCUT2D eigenvalue weighted by Gasteiger charge is 2.06. The van der Waals surface area contributed by atoms with Crippen molar-refractivity contribution in [3.05, 3.63) is 58.6 Å². The molecule has 0 fully saturated rings. The van der Waals surface area contributed by atoms with Gasteiger partial charge in [-0.3, -0.25) is 5.01 Å². The lowest BCUT2D eigenvalue weighted by atomic mass is 10.1. The van der Waals surface area contributed by atoms with Gasteiger partial charge >= 0.3 is 0 Å². The Kier molecular flexibility index (Phi) is 4.30. The number of nitrogens with zero attached hydrogens (tertiary/aromatic N) is 2. The number of nitrogens with two attached hydrogens (primary N) is 1. The van der Waals surface area contributed by atoms with Crippen LogP contribution in [0, 0.1) is 6.92 Å². The Bertz CT molecular complexity index is 650. The molecule has 20 heavy (non-hydrogen) atoms. The molecular weight excluding hydrogens is 270 g/mol. The summed E-state index contributed by atoms with van der Waals surface area (Å²) in [5.41, 5.74) is 10.7. The van der Waals surface area contributed by atoms with Crippen LogP contribution in [0.2, 0.25) is 5.02 Å². The number of anilines is 2. The quantitative estimate of drug-likeness (QED) is 0.525. The molecule has 0 saturated carbocycles. The Morgan fingerprint density at radius 1 is 1.20 bits per heavy atom. The summed E-state index contributed by atoms with van der Waals surface area (Å²) in [7, 11) is 1.89. The molecule has 0 amide bonds. The van der Waals surface area contributed by atoms with Gasteiger partial charge in [-0.2, -0.15) is 5.10 Å². The van der Waals surface area contributed by atoms with Gasteiger partial charge in [-0.15, -0.1) is 0 Å². The van der Waals surface area contributed by atoms with Crippen molar-refractivity contribution in [2.75, 3.05) is 17.8 Å². The van der Waals surface area contributed by atoms with Gasteiger partial charge in [0.15, 0.2) is 0 Å². The number of hydrogen-bond donors (Lipinski definition) is 1. The predicted octanol–water partition coefficient (Wildman–Crippen LogP) is 4.09. The summed E-state index contributed by atoms with van der Waals surface area (Å²) in [6.45, 7) is 3.99. The summed E-state index contributed by atoms with van der Waals surface area (Å²) in [5, 5.41) is 7.06. The molecule has 0 aliphatic rings. The van der Waals surface area contributed by atoms with E-state index in [9.17, 15) is 0 Å². The zero-order valence-corrected chi connectivity index (χ0v) is 12.6. The maximum Gasteiger partial charge on any atom is 0.0671 e. The molecule has 0 unspecified atom stereocenters. The summed E-state index contributed by atoms with van der Waals surface area (Å²) < 4.78 is 0. The van der Waals surface area contributed by atoms with Crippen LogP contribution >= 0.6 is 11.6 Å². The van der Waals surface area contributed by atoms with Crippen molar-refractivity contribution < 1.29 is 0 Å². The Morgan fingerprint density at radius 3 is 2.65 bits per heavy atom. The van der Waals surface area contributed by atoms with Gasteiger partial charge in [0.25, 0.3) is 0 Å². The minimum atomic E-state index is 0.692. The molecule has 0 heterocycles. The van der Waals surface area contributed by atoms with E-state index < -0.39 is 0 Å². The highest BCUT2D eigenvalue weighted by molar-refractivity contribution is 6.30. The lowest BCUT2D eigenvalue weighted by Gasteiger charge is -2.15. The molecule has 0 bridgehead atoms. The fourth-order valence-electron chi connectivity index (χ4n) is 2.00. The Labute approximate surface area is 124 Å². The first kappa shape index (κ1) is 14.4. The Morgan fingerprint density at radius 2 is 1.95 bits per heavy atom. The van der Waals surface area contributed by atoms with Crippen molar-refractivity contribution in [2.45, 2.75) is 13.8 Å². The van der Waals surface area contributed by atoms with Crippen LogP contribution in [0.3, 0.4) is 0 Å². The average molecular weight is 288 g/mol. The molecule has 2 N–H and O–H groups in total. The molecule has 2 aromatic carbocycles. The first-order chi connectivity index (χ1) is 9.47. The van der Waals surface area contributed by atoms with E-state index in [2.05, 4.69) is 5.10 Å². The van der Waals surface area contributed by atoms with E-state index in [1.165, 1.54) is 0 Å². The Hall–Kier alpha value is -2.00. The summed E-state index contributed by atoms with van der Waals surface area (Å²) in [5.74, 6) is 0. The van der Waals surface area contributed by atoms with Crippen LogP contribution in [0.4, 0.5) is 11.4 Å². The lowest BCUT2D eigenvalue weighted by Crippen LogP contribution is -2.13. The molecule has 0 aromatic heterocycles. The normalized spacial score (nSPS) is 11.5. The van der Waals surface area contributed by atoms with Crippen molar-refractivity contribution >= 4 is 28.7 Å². The first-order valence-electron chi connectivity index (χ1n) is 6.38. The van der Waals surface area contributed by atoms with Crippen molar-refractivity contribution in [2.24, 2.45) is 5.10 Å². The van der Waals surface area contributed by atoms with Gasteiger partial charge in [-0.1, -0.05) is 29.3 Å². The second-order valence-electron chi connectivity index (χ2n) is 4.78. The van der Waals surface area contributed by atoms with Gasteiger partial charge < -0.3 is 5.73 Å². The maximum atomic E-state index is 6.01. The lowest BCUT2D eigenvalue weighted by molar-refractivity contribution is 1.01. The average Bonchev–Trinajstić information content (AvgIpc) is 2.41. The zero-order valence-electron chi connectivity index (χ0n) is 11.9. The van der Waals surface area contributed by atoms with Gasteiger partial charge in [0, 0.05) is 23.3 Å². The molecule has 3 nitrogen and oxygen atoms in total. The van der Waals surface area contributed by atoms with Gasteiger partial charge in [0.2, 0.25) is 0 Å². The highest BCUT2D eigenvalue weighted by atomic mass is 35.5. The van der Waals surface area contributed by atoms with Crippen molar-refractivity contribution in [1.29, 1.82) is 0 Å². The fourth-order valence-corrected chi connectivity index (χ4v) is 2.18. The van der Waals surface area contributed by atoms with E-state index in [0.29, 0.717) is 5.02 Å². The molecule has 0 aliphatic carbocycles. The number of hydrogen-bond acceptors (Lipinski definition) is 3. The third-order valence-electron chi connectivity index (χ3n) is 3.08. The molecular formula is C16H18ClN3. The van der Waals surface area contributed by atoms with E-state index in [1.807, 2.05) is 63.4 Å². The summed E-state index contributed by atoms with van der Waals surface area (Å²) >= 11 is 5.99. The number of hydrazone groups is 1. The van der Waals surface area contributed by atoms with Crippen molar-refractivity contribution in [3.63, 3.8) is 0 Å². The molecule has 2 rings (SSSR count). The molecule has 2 aromatic rings. The third kappa shape index (κ3) is 3.31. The van der Waals surface area contributed by atoms with E-state index in [4.69, 9.17) is 17.3 Å². The van der Waals surface area contributed by atoms with E-state index in [-0.39, 0.29) is 0 Å². The number of halogens is 1. The number of aryl methyl sites for hydroxylation is 1. The van der Waals surface area contributed by atoms with Gasteiger partial charge in [0.1, 0.15) is 0 Å². The van der Waals surface area contributed by atoms with Gasteiger partial charge in [-0.25, -0.2) is 0 Å². The third-order valence-corrected chi connectivity index (χ3v) is 3.32. The summed E-state index contributed by atoms with van der Waals surface area (Å²) in [4.78, 5) is 0. The molecule has 0 aliphatic heterocycles. The molecule has 0 saturated heterocycles. The predicted molar refractivity (Wildman–Crippen MR) is 87.7 cm³/mol. The van der Waals surface area contributed by atoms with E-state index >= 15 is 0 Å². The molecule has 0 radical (unpaired) electrons. The van der Waals surface area contributed by atoms with Crippen LogP contribution in [-0.4, -0.2) is 12.8 Å². The highest BCUT2D eigenvalue weighted by Crippen LogP contribution is 2.20. The number of benzene rings is 2. The van der Waals surface area contributed by atoms with Gasteiger partial charge in [0.05, 0.1) is 11.4 Å². The summed E-state index contributed by atoms with van der Waals surface area (Å²) in [6.07, 6.45) is 0. The smallest absolute Gasteiger partial charge is 0.0671 e. The van der Waals surface area contributed by atoms with Crippen LogP contribution in [0.25, 0.3) is 0 Å². The number of nitrogen functional groups attached to an aromatic ring is 1. The standard InChI is InChI=1S/C16H18ClN3/c1-11-7-8-16(18)15(9-11)12(2)19-20(3)14-6-4-5-13(17)10-14/h4-10H,18H2,1-3H3/b19-12+. The topological polar surface area (TPSA) is 41.6 Å². The molecule has 104 valence electrons. The van der Waals surface area contributed by atoms with Crippen molar-refractivity contribution in [3.8, 4) is 0 Å². The zero-order chi connectivity index (χ0) is 14.7. The summed E-state index contributed by atoms with van der Waals surface area (Å²) in [6, 6.07) is 13.5. The minimum absolute atomic E-state index is 0.692. The van der Waals surface area contributed by atoms with Crippen LogP contribution in [0.5, 0.6) is 0 Å². The van der Waals surface area contributed by atoms with Crippen LogP contribution in [0.1, 0.15) is 18.1 Å². The monoisotopic (exact) mass is 287 g/mol. The fraction of sp³-hybridized carbons (Fsp3) is 0.188. The van der Waals surface area contributed by atoms with Crippen LogP contribution in [0.15, 0.2) is 47.6 Å². The van der Waals surface area contributed by atoms with Crippen LogP contribution in [-0.2, 0) is 0 Å². The van der Waals surface area contributed by atoms with Gasteiger partial charge in [-0.05, 0) is 44.2 Å². The molecule has 0 spiro atoms. The number of rotatable bonds is 3. The Balaban J connectivity index is 2.32. The van der Waals surface area contributed by atoms with E-state index in [1.54, 1.807) is 5.01 Å². The molecule has 4 heteroatoms. The largest absolute Gasteiger partial charge is 0.398 e. The minimum Gasteiger partial charge on any atom is -0.398 e. The second kappa shape index (κ2) is 5.97. The SMILES string of the molecule is C/C(=N\N(C)c1cccc(Cl)c1)c1cc(C)ccc1N. The second-order valence-corrected chi connectivity index (χ2v) is 5.22.